The molecule has 152 valence electrons. The number of anilines is 1. The predicted molar refractivity (Wildman–Crippen MR) is 120 cm³/mol. The SMILES string of the molecule is COc1ccc(CC(=O)Nc2ccc3c(c2)nc(CCc2ccccc2)n3C)cc1. The van der Waals surface area contributed by atoms with Gasteiger partial charge in [-0.1, -0.05) is 42.5 Å². The van der Waals surface area contributed by atoms with Gasteiger partial charge in [-0.05, 0) is 47.9 Å². The third kappa shape index (κ3) is 4.51. The van der Waals surface area contributed by atoms with Crippen LogP contribution in [0.4, 0.5) is 5.69 Å². The molecule has 0 atom stereocenters. The molecule has 4 aromatic rings. The minimum atomic E-state index is -0.0558. The van der Waals surface area contributed by atoms with Crippen molar-refractivity contribution >= 4 is 22.6 Å². The molecule has 0 saturated carbocycles. The molecule has 30 heavy (non-hydrogen) atoms. The Morgan fingerprint density at radius 1 is 0.967 bits per heavy atom. The number of carbonyl (C=O) groups is 1. The number of hydrogen-bond acceptors (Lipinski definition) is 3. The minimum Gasteiger partial charge on any atom is -0.497 e. The Hall–Kier alpha value is -3.60. The van der Waals surface area contributed by atoms with Gasteiger partial charge < -0.3 is 14.6 Å². The van der Waals surface area contributed by atoms with E-state index in [0.29, 0.717) is 6.42 Å². The van der Waals surface area contributed by atoms with E-state index in [1.807, 2.05) is 55.6 Å². The van der Waals surface area contributed by atoms with Crippen molar-refractivity contribution in [2.45, 2.75) is 19.3 Å². The second-order valence-electron chi connectivity index (χ2n) is 7.35. The van der Waals surface area contributed by atoms with Crippen molar-refractivity contribution in [1.82, 2.24) is 9.55 Å². The second kappa shape index (κ2) is 8.82. The van der Waals surface area contributed by atoms with Crippen LogP contribution < -0.4 is 10.1 Å². The van der Waals surface area contributed by atoms with E-state index in [4.69, 9.17) is 9.72 Å². The summed E-state index contributed by atoms with van der Waals surface area (Å²) < 4.78 is 7.28. The van der Waals surface area contributed by atoms with Gasteiger partial charge >= 0.3 is 0 Å². The zero-order chi connectivity index (χ0) is 20.9. The minimum absolute atomic E-state index is 0.0558. The molecule has 0 aliphatic rings. The molecular formula is C25H25N3O2. The number of rotatable bonds is 7. The quantitative estimate of drug-likeness (QED) is 0.496. The van der Waals surface area contributed by atoms with Gasteiger partial charge in [-0.25, -0.2) is 4.98 Å². The van der Waals surface area contributed by atoms with Crippen LogP contribution in [0.2, 0.25) is 0 Å². The highest BCUT2D eigenvalue weighted by Gasteiger charge is 2.10. The number of aryl methyl sites for hydroxylation is 3. The largest absolute Gasteiger partial charge is 0.497 e. The molecule has 0 aliphatic heterocycles. The lowest BCUT2D eigenvalue weighted by molar-refractivity contribution is -0.115. The van der Waals surface area contributed by atoms with E-state index in [9.17, 15) is 4.79 Å². The molecule has 1 aromatic heterocycles. The van der Waals surface area contributed by atoms with Gasteiger partial charge in [0.25, 0.3) is 0 Å². The zero-order valence-electron chi connectivity index (χ0n) is 17.3. The summed E-state index contributed by atoms with van der Waals surface area (Å²) in [5, 5.41) is 2.98. The third-order valence-corrected chi connectivity index (χ3v) is 5.26. The molecule has 5 heteroatoms. The summed E-state index contributed by atoms with van der Waals surface area (Å²) in [6.07, 6.45) is 2.13. The number of amides is 1. The van der Waals surface area contributed by atoms with Gasteiger partial charge in [0.1, 0.15) is 11.6 Å². The number of fused-ring (bicyclic) bond motifs is 1. The fraction of sp³-hybridized carbons (Fsp3) is 0.200. The van der Waals surface area contributed by atoms with Gasteiger partial charge in [-0.2, -0.15) is 0 Å². The Morgan fingerprint density at radius 3 is 2.47 bits per heavy atom. The Morgan fingerprint density at radius 2 is 1.73 bits per heavy atom. The van der Waals surface area contributed by atoms with Crippen molar-refractivity contribution in [3.05, 3.63) is 89.7 Å². The van der Waals surface area contributed by atoms with Crippen molar-refractivity contribution in [3.63, 3.8) is 0 Å². The standard InChI is InChI=1S/C25H25N3O2/c1-28-23-14-11-20(26-25(29)16-19-8-12-21(30-2)13-9-19)17-22(23)27-24(28)15-10-18-6-4-3-5-7-18/h3-9,11-14,17H,10,15-16H2,1-2H3,(H,26,29). The smallest absolute Gasteiger partial charge is 0.228 e. The maximum absolute atomic E-state index is 12.4. The first-order valence-corrected chi connectivity index (χ1v) is 10.0. The fourth-order valence-electron chi connectivity index (χ4n) is 3.59. The number of ether oxygens (including phenoxy) is 1. The van der Waals surface area contributed by atoms with Crippen LogP contribution in [0.25, 0.3) is 11.0 Å². The molecule has 0 saturated heterocycles. The van der Waals surface area contributed by atoms with Gasteiger partial charge in [0.05, 0.1) is 24.6 Å². The maximum atomic E-state index is 12.4. The van der Waals surface area contributed by atoms with Crippen LogP contribution in [0, 0.1) is 0 Å². The monoisotopic (exact) mass is 399 g/mol. The van der Waals surface area contributed by atoms with Gasteiger partial charge in [0.2, 0.25) is 5.91 Å². The molecule has 5 nitrogen and oxygen atoms in total. The molecule has 1 heterocycles. The average Bonchev–Trinajstić information content (AvgIpc) is 3.08. The summed E-state index contributed by atoms with van der Waals surface area (Å²) in [6.45, 7) is 0. The van der Waals surface area contributed by atoms with E-state index in [1.54, 1.807) is 7.11 Å². The number of nitrogens with one attached hydrogen (secondary N) is 1. The van der Waals surface area contributed by atoms with Crippen molar-refractivity contribution in [2.24, 2.45) is 7.05 Å². The first-order chi connectivity index (χ1) is 14.6. The number of hydrogen-bond donors (Lipinski definition) is 1. The number of nitrogens with zero attached hydrogens (tertiary/aromatic N) is 2. The number of benzene rings is 3. The first-order valence-electron chi connectivity index (χ1n) is 10.0. The summed E-state index contributed by atoms with van der Waals surface area (Å²) in [4.78, 5) is 17.2. The highest BCUT2D eigenvalue weighted by molar-refractivity contribution is 5.94. The summed E-state index contributed by atoms with van der Waals surface area (Å²) in [5.74, 6) is 1.76. The van der Waals surface area contributed by atoms with E-state index in [2.05, 4.69) is 34.1 Å². The highest BCUT2D eigenvalue weighted by atomic mass is 16.5. The van der Waals surface area contributed by atoms with Crippen molar-refractivity contribution in [3.8, 4) is 5.75 Å². The lowest BCUT2D eigenvalue weighted by Crippen LogP contribution is -2.14. The predicted octanol–water partition coefficient (Wildman–Crippen LogP) is 4.55. The molecule has 0 aliphatic carbocycles. The van der Waals surface area contributed by atoms with Gasteiger partial charge in [-0.15, -0.1) is 0 Å². The van der Waals surface area contributed by atoms with Crippen LogP contribution in [0.3, 0.4) is 0 Å². The molecule has 1 N–H and O–H groups in total. The second-order valence-corrected chi connectivity index (χ2v) is 7.35. The normalized spacial score (nSPS) is 10.9. The molecule has 1 amide bonds. The van der Waals surface area contributed by atoms with Gasteiger partial charge in [-0.3, -0.25) is 4.79 Å². The molecule has 0 spiro atoms. The van der Waals surface area contributed by atoms with Crippen molar-refractivity contribution in [1.29, 1.82) is 0 Å². The first kappa shape index (κ1) is 19.7. The Kier molecular flexibility index (Phi) is 5.80. The third-order valence-electron chi connectivity index (χ3n) is 5.26. The van der Waals surface area contributed by atoms with Crippen LogP contribution in [0.1, 0.15) is 17.0 Å². The lowest BCUT2D eigenvalue weighted by Gasteiger charge is -2.06. The molecule has 0 bridgehead atoms. The number of aromatic nitrogens is 2. The van der Waals surface area contributed by atoms with Gasteiger partial charge in [0.15, 0.2) is 0 Å². The van der Waals surface area contributed by atoms with E-state index >= 15 is 0 Å². The zero-order valence-corrected chi connectivity index (χ0v) is 17.3. The van der Waals surface area contributed by atoms with E-state index in [0.717, 1.165) is 46.7 Å². The number of imidazole rings is 1. The Labute approximate surface area is 176 Å². The highest BCUT2D eigenvalue weighted by Crippen LogP contribution is 2.21. The van der Waals surface area contributed by atoms with Crippen LogP contribution >= 0.6 is 0 Å². The molecule has 0 radical (unpaired) electrons. The Bertz CT molecular complexity index is 1150. The Balaban J connectivity index is 1.44. The van der Waals surface area contributed by atoms with E-state index < -0.39 is 0 Å². The van der Waals surface area contributed by atoms with Crippen LogP contribution in [-0.4, -0.2) is 22.6 Å². The van der Waals surface area contributed by atoms with Crippen molar-refractivity contribution < 1.29 is 9.53 Å². The van der Waals surface area contributed by atoms with Crippen LogP contribution in [0.5, 0.6) is 5.75 Å². The topological polar surface area (TPSA) is 56.1 Å². The summed E-state index contributed by atoms with van der Waals surface area (Å²) in [6, 6.07) is 23.8. The molecule has 3 aromatic carbocycles. The fourth-order valence-corrected chi connectivity index (χ4v) is 3.59. The summed E-state index contributed by atoms with van der Waals surface area (Å²) in [7, 11) is 3.67. The molecule has 0 fully saturated rings. The lowest BCUT2D eigenvalue weighted by atomic mass is 10.1. The number of methoxy groups -OCH3 is 1. The van der Waals surface area contributed by atoms with Crippen LogP contribution in [0.15, 0.2) is 72.8 Å². The van der Waals surface area contributed by atoms with Crippen molar-refractivity contribution in [2.75, 3.05) is 12.4 Å². The number of carbonyl (C=O) groups excluding carboxylic acids is 1. The molecule has 4 rings (SSSR count). The van der Waals surface area contributed by atoms with E-state index in [-0.39, 0.29) is 5.91 Å². The maximum Gasteiger partial charge on any atom is 0.228 e. The molecular weight excluding hydrogens is 374 g/mol. The van der Waals surface area contributed by atoms with Crippen LogP contribution in [-0.2, 0) is 31.1 Å². The van der Waals surface area contributed by atoms with Gasteiger partial charge in [0, 0.05) is 19.2 Å². The summed E-state index contributed by atoms with van der Waals surface area (Å²) in [5.41, 5.74) is 4.95. The average molecular weight is 399 g/mol. The summed E-state index contributed by atoms with van der Waals surface area (Å²) >= 11 is 0. The van der Waals surface area contributed by atoms with E-state index in [1.165, 1.54) is 5.56 Å². The molecule has 0 unspecified atom stereocenters.